The number of benzene rings is 14. The molecule has 14 aromatic carbocycles. The molecule has 14 aromatic rings. The lowest BCUT2D eigenvalue weighted by molar-refractivity contribution is 0.628. The molecule has 2 atom stereocenters. The van der Waals surface area contributed by atoms with E-state index in [0.717, 1.165) is 69.2 Å². The molecule has 17 rings (SSSR count). The van der Waals surface area contributed by atoms with Crippen LogP contribution in [-0.2, 0) is 23.7 Å². The summed E-state index contributed by atoms with van der Waals surface area (Å²) in [6.45, 7) is 14.9. The van der Waals surface area contributed by atoms with Crippen molar-refractivity contribution in [1.82, 2.24) is 0 Å². The maximum absolute atomic E-state index is 4.10. The quantitative estimate of drug-likeness (QED) is 0.107. The molecule has 0 saturated carbocycles. The monoisotopic (exact) mass is 1240 g/mol. The van der Waals surface area contributed by atoms with Crippen LogP contribution in [0.5, 0.6) is 0 Å². The fourth-order valence-corrected chi connectivity index (χ4v) is 16.5. The van der Waals surface area contributed by atoms with Crippen LogP contribution in [0.15, 0.2) is 335 Å². The molecule has 2 unspecified atom stereocenters. The molecule has 3 aliphatic rings. The van der Waals surface area contributed by atoms with Crippen LogP contribution in [-0.4, -0.2) is 0 Å². The molecule has 6 bridgehead atoms. The van der Waals surface area contributed by atoms with Crippen molar-refractivity contribution in [1.29, 1.82) is 0 Å². The number of hydrogen-bond donors (Lipinski definition) is 0. The van der Waals surface area contributed by atoms with Crippen molar-refractivity contribution in [3.8, 4) is 66.8 Å². The Hall–Kier alpha value is -11.8. The predicted molar refractivity (Wildman–Crippen MR) is 409 cm³/mol. The Bertz CT molecular complexity index is 5350. The van der Waals surface area contributed by atoms with E-state index in [-0.39, 0.29) is 0 Å². The molecule has 2 nitrogen and oxygen atoms in total. The van der Waals surface area contributed by atoms with Crippen molar-refractivity contribution < 1.29 is 0 Å². The zero-order valence-corrected chi connectivity index (χ0v) is 55.0. The Morgan fingerprint density at radius 2 is 0.691 bits per heavy atom. The van der Waals surface area contributed by atoms with Crippen LogP contribution in [0.25, 0.3) is 78.9 Å². The van der Waals surface area contributed by atoms with Crippen molar-refractivity contribution in [2.75, 3.05) is 9.80 Å². The van der Waals surface area contributed by atoms with Gasteiger partial charge in [-0.25, -0.2) is 0 Å². The van der Waals surface area contributed by atoms with Gasteiger partial charge in [0.15, 0.2) is 0 Å². The average molecular weight is 1240 g/mol. The molecule has 0 saturated heterocycles. The Balaban J connectivity index is 0.790. The standard InChI is InChI=1S/C95H72N2/c1-6-66-26-30-68(31-27-66)61-94(76-54-63(3)52-64(4)55-76)90-24-16-14-22-85(90)87-50-47-82(59-92(87)94)96(78-40-34-71(35-41-78)70-18-10-8-11-19-70)79-42-36-72(37-43-79)73-38-44-80(45-39-73)97-81-46-49-84(74-20-12-9-13-21-74)89(58-81)75-53-65(5)56-77(57-75)95(62-69-32-28-67(7-2)29-33-69)91-25-17-15-23-86(91)88-51-48-83(97)60-93(88)95/h6-60H,1-2,61-62H2,3-5H3. The number of aryl methyl sites for hydroxylation is 3. The summed E-state index contributed by atoms with van der Waals surface area (Å²) in [6.07, 6.45) is 5.45. The smallest absolute Gasteiger partial charge is 0.0504 e. The molecule has 97 heavy (non-hydrogen) atoms. The molecule has 1 aliphatic heterocycles. The lowest BCUT2D eigenvalue weighted by Gasteiger charge is -2.35. The molecule has 0 amide bonds. The highest BCUT2D eigenvalue weighted by atomic mass is 15.1. The number of hydrogen-bond acceptors (Lipinski definition) is 2. The minimum absolute atomic E-state index is 0.480. The van der Waals surface area contributed by atoms with E-state index in [2.05, 4.69) is 365 Å². The number of nitrogens with zero attached hydrogens (tertiary/aromatic N) is 2. The first-order chi connectivity index (χ1) is 47.6. The van der Waals surface area contributed by atoms with Crippen molar-refractivity contribution in [2.45, 2.75) is 44.4 Å². The van der Waals surface area contributed by atoms with Gasteiger partial charge in [-0.3, -0.25) is 0 Å². The minimum atomic E-state index is -0.498. The fourth-order valence-electron chi connectivity index (χ4n) is 16.5. The SMILES string of the molecule is C=Cc1ccc(CC2(c3cc(C)cc(C)c3)c3ccccc3-c3ccc(N(c4ccc(-c5ccccc5)cc4)c4ccc(-c5ccc(N6c7ccc(-c8ccccc8)c(c7)-c7cc(C)cc(c7)C7(Cc8ccc(C=C)cc8)c8ccccc8-c8ccc6cc87)cc5)cc4)cc32)cc1. The van der Waals surface area contributed by atoms with Gasteiger partial charge in [0.1, 0.15) is 0 Å². The average Bonchev–Trinajstić information content (AvgIpc) is 1.56. The summed E-state index contributed by atoms with van der Waals surface area (Å²) in [7, 11) is 0. The molecule has 2 heteroatoms. The van der Waals surface area contributed by atoms with Crippen molar-refractivity contribution >= 4 is 46.3 Å². The van der Waals surface area contributed by atoms with Crippen LogP contribution < -0.4 is 9.80 Å². The highest BCUT2D eigenvalue weighted by Gasteiger charge is 2.47. The first-order valence-electron chi connectivity index (χ1n) is 33.9. The van der Waals surface area contributed by atoms with E-state index in [1.54, 1.807) is 0 Å². The molecule has 1 heterocycles. The van der Waals surface area contributed by atoms with E-state index in [1.165, 1.54) is 117 Å². The molecule has 0 N–H and O–H groups in total. The zero-order valence-electron chi connectivity index (χ0n) is 55.0. The van der Waals surface area contributed by atoms with E-state index >= 15 is 0 Å². The topological polar surface area (TPSA) is 6.48 Å². The molecule has 0 fully saturated rings. The van der Waals surface area contributed by atoms with Crippen LogP contribution in [0.2, 0.25) is 0 Å². The number of rotatable bonds is 14. The molecular formula is C95H72N2. The van der Waals surface area contributed by atoms with E-state index in [0.29, 0.717) is 0 Å². The van der Waals surface area contributed by atoms with Crippen LogP contribution in [0, 0.1) is 20.8 Å². The Labute approximate surface area is 570 Å². The van der Waals surface area contributed by atoms with Crippen molar-refractivity contribution in [3.63, 3.8) is 0 Å². The van der Waals surface area contributed by atoms with E-state index in [9.17, 15) is 0 Å². The highest BCUT2D eigenvalue weighted by Crippen LogP contribution is 2.59. The van der Waals surface area contributed by atoms with Crippen LogP contribution >= 0.6 is 0 Å². The third-order valence-corrected chi connectivity index (χ3v) is 20.9. The second kappa shape index (κ2) is 23.9. The van der Waals surface area contributed by atoms with Gasteiger partial charge in [-0.1, -0.05) is 285 Å². The molecule has 0 aromatic heterocycles. The maximum atomic E-state index is 4.10. The summed E-state index contributed by atoms with van der Waals surface area (Å²) in [5.74, 6) is 0. The van der Waals surface area contributed by atoms with Crippen molar-refractivity contribution in [3.05, 3.63) is 407 Å². The third kappa shape index (κ3) is 10.1. The van der Waals surface area contributed by atoms with Crippen molar-refractivity contribution in [2.24, 2.45) is 0 Å². The van der Waals surface area contributed by atoms with E-state index in [1.807, 2.05) is 12.2 Å². The molecule has 462 valence electrons. The third-order valence-electron chi connectivity index (χ3n) is 20.9. The van der Waals surface area contributed by atoms with E-state index in [4.69, 9.17) is 0 Å². The summed E-state index contributed by atoms with van der Waals surface area (Å²) in [4.78, 5) is 4.92. The second-order valence-electron chi connectivity index (χ2n) is 26.8. The largest absolute Gasteiger partial charge is 0.310 e. The number of anilines is 6. The van der Waals surface area contributed by atoms with Gasteiger partial charge in [-0.15, -0.1) is 0 Å². The van der Waals surface area contributed by atoms with Crippen LogP contribution in [0.1, 0.15) is 72.3 Å². The van der Waals surface area contributed by atoms with Crippen LogP contribution in [0.3, 0.4) is 0 Å². The zero-order chi connectivity index (χ0) is 65.4. The lowest BCUT2D eigenvalue weighted by Crippen LogP contribution is -2.30. The van der Waals surface area contributed by atoms with Crippen LogP contribution in [0.4, 0.5) is 34.1 Å². The Morgan fingerprint density at radius 3 is 1.23 bits per heavy atom. The first kappa shape index (κ1) is 58.9. The summed E-state index contributed by atoms with van der Waals surface area (Å²) in [6, 6.07) is 121. The molecule has 0 spiro atoms. The van der Waals surface area contributed by atoms with Gasteiger partial charge < -0.3 is 9.80 Å². The second-order valence-corrected chi connectivity index (χ2v) is 26.8. The Morgan fingerprint density at radius 1 is 0.289 bits per heavy atom. The van der Waals surface area contributed by atoms with Gasteiger partial charge in [0.05, 0.1) is 10.8 Å². The van der Waals surface area contributed by atoms with Gasteiger partial charge in [0, 0.05) is 34.1 Å². The van der Waals surface area contributed by atoms with Gasteiger partial charge in [-0.05, 0) is 235 Å². The maximum Gasteiger partial charge on any atom is 0.0504 e. The first-order valence-corrected chi connectivity index (χ1v) is 33.9. The summed E-state index contributed by atoms with van der Waals surface area (Å²) < 4.78 is 0. The summed E-state index contributed by atoms with van der Waals surface area (Å²) in [5, 5.41) is 0. The normalized spacial score (nSPS) is 15.2. The Kier molecular flexibility index (Phi) is 14.5. The predicted octanol–water partition coefficient (Wildman–Crippen LogP) is 24.9. The van der Waals surface area contributed by atoms with Gasteiger partial charge >= 0.3 is 0 Å². The molecule has 2 aliphatic carbocycles. The highest BCUT2D eigenvalue weighted by molar-refractivity contribution is 5.94. The summed E-state index contributed by atoms with van der Waals surface area (Å²) >= 11 is 0. The van der Waals surface area contributed by atoms with E-state index < -0.39 is 10.8 Å². The van der Waals surface area contributed by atoms with Gasteiger partial charge in [0.2, 0.25) is 0 Å². The summed E-state index contributed by atoms with van der Waals surface area (Å²) in [5.41, 5.74) is 36.6. The van der Waals surface area contributed by atoms with Gasteiger partial charge in [-0.2, -0.15) is 0 Å². The lowest BCUT2D eigenvalue weighted by atomic mass is 9.68. The minimum Gasteiger partial charge on any atom is -0.310 e. The molecule has 0 radical (unpaired) electrons. The fraction of sp³-hybridized carbons (Fsp3) is 0.0737. The number of fused-ring (bicyclic) bond motifs is 13. The van der Waals surface area contributed by atoms with Gasteiger partial charge in [0.25, 0.3) is 0 Å². The molecular weight excluding hydrogens is 1170 g/mol.